The van der Waals surface area contributed by atoms with Crippen molar-refractivity contribution in [2.75, 3.05) is 43.4 Å². The quantitative estimate of drug-likeness (QED) is 0.395. The zero-order valence-corrected chi connectivity index (χ0v) is 20.2. The van der Waals surface area contributed by atoms with Crippen molar-refractivity contribution in [1.82, 2.24) is 29.9 Å². The van der Waals surface area contributed by atoms with E-state index in [1.54, 1.807) is 12.4 Å². The first-order chi connectivity index (χ1) is 18.2. The molecule has 1 saturated heterocycles. The van der Waals surface area contributed by atoms with Gasteiger partial charge < -0.3 is 15.1 Å². The van der Waals surface area contributed by atoms with E-state index in [9.17, 15) is 22.4 Å². The number of hydrogen-bond donors (Lipinski definition) is 1. The summed E-state index contributed by atoms with van der Waals surface area (Å²) in [5.74, 6) is -1.51. The van der Waals surface area contributed by atoms with Crippen LogP contribution in [0.1, 0.15) is 16.1 Å². The largest absolute Gasteiger partial charge is 0.416 e. The van der Waals surface area contributed by atoms with Crippen molar-refractivity contribution < 1.29 is 22.4 Å². The molecule has 0 bridgehead atoms. The molecule has 1 N–H and O–H groups in total. The van der Waals surface area contributed by atoms with Gasteiger partial charge in [-0.1, -0.05) is 5.21 Å². The van der Waals surface area contributed by atoms with E-state index >= 15 is 0 Å². The van der Waals surface area contributed by atoms with Crippen LogP contribution in [-0.2, 0) is 6.18 Å². The number of benzene rings is 1. The highest BCUT2D eigenvalue weighted by Gasteiger charge is 2.31. The molecule has 4 aromatic rings. The second kappa shape index (κ2) is 10.2. The SMILES string of the molecule is CN1CCN(c2cncc(-c3cn(-c4cc(NC(=O)c5cc(C(F)(F)F)ccn5)ccc4F)nn3)c2)CC1. The normalized spacial score (nSPS) is 14.5. The van der Waals surface area contributed by atoms with Crippen molar-refractivity contribution in [3.63, 3.8) is 0 Å². The van der Waals surface area contributed by atoms with E-state index < -0.39 is 29.2 Å². The van der Waals surface area contributed by atoms with E-state index in [1.807, 2.05) is 6.07 Å². The summed E-state index contributed by atoms with van der Waals surface area (Å²) in [5.41, 5.74) is 0.816. The summed E-state index contributed by atoms with van der Waals surface area (Å²) >= 11 is 0. The van der Waals surface area contributed by atoms with Gasteiger partial charge in [0.2, 0.25) is 0 Å². The Hall–Kier alpha value is -4.39. The molecule has 1 aliphatic rings. The monoisotopic (exact) mass is 526 g/mol. The number of likely N-dealkylation sites (N-methyl/N-ethyl adjacent to an activating group) is 1. The lowest BCUT2D eigenvalue weighted by Gasteiger charge is -2.33. The van der Waals surface area contributed by atoms with Gasteiger partial charge in [0.15, 0.2) is 0 Å². The summed E-state index contributed by atoms with van der Waals surface area (Å²) in [6, 6.07) is 7.06. The van der Waals surface area contributed by atoms with Gasteiger partial charge >= 0.3 is 6.18 Å². The third-order valence-corrected chi connectivity index (χ3v) is 6.15. The minimum atomic E-state index is -4.62. The lowest BCUT2D eigenvalue weighted by molar-refractivity contribution is -0.137. The van der Waals surface area contributed by atoms with Gasteiger partial charge in [0, 0.05) is 49.8 Å². The number of nitrogens with one attached hydrogen (secondary N) is 1. The number of aromatic nitrogens is 5. The Morgan fingerprint density at radius 1 is 1.03 bits per heavy atom. The Balaban J connectivity index is 1.36. The minimum absolute atomic E-state index is 0.0123. The van der Waals surface area contributed by atoms with Crippen molar-refractivity contribution in [3.8, 4) is 16.9 Å². The standard InChI is InChI=1S/C25H22F4N8O/c1-35-6-8-36(9-7-35)19-10-16(13-30-14-19)22-15-37(34-33-22)23-12-18(2-3-20(23)26)32-24(38)21-11-17(4-5-31-21)25(27,28)29/h2-5,10-15H,6-9H2,1H3,(H,32,38). The van der Waals surface area contributed by atoms with Crippen LogP contribution in [0.15, 0.2) is 61.2 Å². The van der Waals surface area contributed by atoms with E-state index in [4.69, 9.17) is 0 Å². The third-order valence-electron chi connectivity index (χ3n) is 6.15. The molecule has 0 aliphatic carbocycles. The highest BCUT2D eigenvalue weighted by molar-refractivity contribution is 6.03. The van der Waals surface area contributed by atoms with Gasteiger partial charge in [-0.2, -0.15) is 13.2 Å². The van der Waals surface area contributed by atoms with Gasteiger partial charge in [-0.25, -0.2) is 9.07 Å². The van der Waals surface area contributed by atoms with Crippen molar-refractivity contribution in [2.45, 2.75) is 6.18 Å². The van der Waals surface area contributed by atoms with Gasteiger partial charge in [-0.3, -0.25) is 14.8 Å². The van der Waals surface area contributed by atoms with E-state index in [1.165, 1.54) is 23.0 Å². The zero-order valence-electron chi connectivity index (χ0n) is 20.2. The molecule has 1 amide bonds. The number of nitrogens with zero attached hydrogens (tertiary/aromatic N) is 7. The molecule has 0 saturated carbocycles. The number of anilines is 2. The van der Waals surface area contributed by atoms with Crippen LogP contribution < -0.4 is 10.2 Å². The van der Waals surface area contributed by atoms with E-state index in [2.05, 4.69) is 42.4 Å². The number of carbonyl (C=O) groups excluding carboxylic acids is 1. The molecular formula is C25H22F4N8O. The van der Waals surface area contributed by atoms with Crippen LogP contribution in [0.5, 0.6) is 0 Å². The van der Waals surface area contributed by atoms with Gasteiger partial charge in [0.05, 0.1) is 23.6 Å². The predicted molar refractivity (Wildman–Crippen MR) is 131 cm³/mol. The number of pyridine rings is 2. The smallest absolute Gasteiger partial charge is 0.368 e. The van der Waals surface area contributed by atoms with Crippen molar-refractivity contribution in [2.24, 2.45) is 0 Å². The molecule has 4 heterocycles. The number of piperazine rings is 1. The third kappa shape index (κ3) is 5.47. The number of alkyl halides is 3. The van der Waals surface area contributed by atoms with Gasteiger partial charge in [-0.15, -0.1) is 5.10 Å². The van der Waals surface area contributed by atoms with Gasteiger partial charge in [-0.05, 0) is 43.4 Å². The Morgan fingerprint density at radius 2 is 1.82 bits per heavy atom. The Kier molecular flexibility index (Phi) is 6.76. The van der Waals surface area contributed by atoms with Crippen molar-refractivity contribution in [1.29, 1.82) is 0 Å². The van der Waals surface area contributed by atoms with E-state index in [-0.39, 0.29) is 11.4 Å². The number of amides is 1. The fourth-order valence-corrected chi connectivity index (χ4v) is 4.01. The van der Waals surface area contributed by atoms with Crippen LogP contribution in [0.2, 0.25) is 0 Å². The minimum Gasteiger partial charge on any atom is -0.368 e. The molecule has 0 atom stereocenters. The summed E-state index contributed by atoms with van der Waals surface area (Å²) in [4.78, 5) is 25.0. The molecule has 1 fully saturated rings. The molecule has 0 spiro atoms. The highest BCUT2D eigenvalue weighted by atomic mass is 19.4. The second-order valence-electron chi connectivity index (χ2n) is 8.82. The first-order valence-electron chi connectivity index (χ1n) is 11.6. The summed E-state index contributed by atoms with van der Waals surface area (Å²) in [5, 5.41) is 10.6. The maximum Gasteiger partial charge on any atom is 0.416 e. The molecule has 38 heavy (non-hydrogen) atoms. The fraction of sp³-hybridized carbons (Fsp3) is 0.240. The fourth-order valence-electron chi connectivity index (χ4n) is 4.01. The maximum atomic E-state index is 14.7. The van der Waals surface area contributed by atoms with Crippen LogP contribution in [0.4, 0.5) is 28.9 Å². The Bertz CT molecular complexity index is 1460. The zero-order chi connectivity index (χ0) is 26.9. The average molecular weight is 526 g/mol. The first-order valence-corrected chi connectivity index (χ1v) is 11.6. The molecule has 0 radical (unpaired) electrons. The Labute approximate surface area is 214 Å². The van der Waals surface area contributed by atoms with Crippen molar-refractivity contribution >= 4 is 17.3 Å². The number of halogens is 4. The lowest BCUT2D eigenvalue weighted by Crippen LogP contribution is -2.44. The highest BCUT2D eigenvalue weighted by Crippen LogP contribution is 2.29. The molecular weight excluding hydrogens is 504 g/mol. The van der Waals surface area contributed by atoms with E-state index in [0.717, 1.165) is 50.2 Å². The molecule has 13 heteroatoms. The molecule has 5 rings (SSSR count). The second-order valence-corrected chi connectivity index (χ2v) is 8.82. The average Bonchev–Trinajstić information content (AvgIpc) is 3.40. The lowest BCUT2D eigenvalue weighted by atomic mass is 10.2. The summed E-state index contributed by atoms with van der Waals surface area (Å²) < 4.78 is 54.8. The van der Waals surface area contributed by atoms with Crippen molar-refractivity contribution in [3.05, 3.63) is 78.3 Å². The van der Waals surface area contributed by atoms with Crippen LogP contribution in [0.3, 0.4) is 0 Å². The molecule has 0 unspecified atom stereocenters. The van der Waals surface area contributed by atoms with Gasteiger partial charge in [0.1, 0.15) is 22.9 Å². The molecule has 9 nitrogen and oxygen atoms in total. The molecule has 196 valence electrons. The number of carbonyl (C=O) groups is 1. The topological polar surface area (TPSA) is 92.1 Å². The number of rotatable bonds is 5. The van der Waals surface area contributed by atoms with Crippen LogP contribution in [0.25, 0.3) is 16.9 Å². The van der Waals surface area contributed by atoms with Crippen LogP contribution >= 0.6 is 0 Å². The van der Waals surface area contributed by atoms with Crippen LogP contribution in [0, 0.1) is 5.82 Å². The summed E-state index contributed by atoms with van der Waals surface area (Å²) in [6.07, 6.45) is 1.24. The molecule has 3 aromatic heterocycles. The number of hydrogen-bond acceptors (Lipinski definition) is 7. The molecule has 1 aliphatic heterocycles. The van der Waals surface area contributed by atoms with Gasteiger partial charge in [0.25, 0.3) is 5.91 Å². The van der Waals surface area contributed by atoms with Crippen LogP contribution in [-0.4, -0.2) is 69.0 Å². The summed E-state index contributed by atoms with van der Waals surface area (Å²) in [6.45, 7) is 3.62. The predicted octanol–water partition coefficient (Wildman–Crippen LogP) is 3.89. The Morgan fingerprint density at radius 3 is 2.58 bits per heavy atom. The molecule has 1 aromatic carbocycles. The maximum absolute atomic E-state index is 14.7. The van der Waals surface area contributed by atoms with E-state index in [0.29, 0.717) is 17.3 Å². The first kappa shape index (κ1) is 25.3. The summed E-state index contributed by atoms with van der Waals surface area (Å²) in [7, 11) is 2.08.